The van der Waals surface area contributed by atoms with E-state index in [1.54, 1.807) is 6.07 Å². The molecule has 0 heterocycles. The van der Waals surface area contributed by atoms with Crippen LogP contribution < -0.4 is 0 Å². The summed E-state index contributed by atoms with van der Waals surface area (Å²) in [4.78, 5) is 0. The minimum absolute atomic E-state index is 0.0111. The SMILES string of the molecule is CCCc1ccc(C2=CCc3c(ccc(-c4cc(F)c(F)c(F)c4)c3F)C2)cc1. The molecule has 0 aromatic heterocycles. The van der Waals surface area contributed by atoms with Gasteiger partial charge in [-0.3, -0.25) is 0 Å². The number of hydrogen-bond acceptors (Lipinski definition) is 0. The van der Waals surface area contributed by atoms with E-state index in [0.29, 0.717) is 18.4 Å². The summed E-state index contributed by atoms with van der Waals surface area (Å²) in [5.41, 5.74) is 4.96. The van der Waals surface area contributed by atoms with Crippen LogP contribution in [0.2, 0.25) is 0 Å². The average molecular weight is 396 g/mol. The molecule has 1 aliphatic carbocycles. The molecule has 0 saturated heterocycles. The molecule has 4 rings (SSSR count). The van der Waals surface area contributed by atoms with Crippen molar-refractivity contribution in [1.29, 1.82) is 0 Å². The van der Waals surface area contributed by atoms with Gasteiger partial charge in [0.1, 0.15) is 5.82 Å². The third kappa shape index (κ3) is 3.71. The quantitative estimate of drug-likeness (QED) is 0.328. The fourth-order valence-electron chi connectivity index (χ4n) is 3.88. The highest BCUT2D eigenvalue weighted by Crippen LogP contribution is 2.34. The lowest BCUT2D eigenvalue weighted by molar-refractivity contribution is 0.447. The van der Waals surface area contributed by atoms with Crippen molar-refractivity contribution in [1.82, 2.24) is 0 Å². The van der Waals surface area contributed by atoms with Crippen LogP contribution in [0.15, 0.2) is 54.6 Å². The van der Waals surface area contributed by atoms with Gasteiger partial charge in [-0.15, -0.1) is 0 Å². The van der Waals surface area contributed by atoms with Gasteiger partial charge in [-0.2, -0.15) is 0 Å². The minimum atomic E-state index is -1.55. The van der Waals surface area contributed by atoms with E-state index in [1.807, 2.05) is 6.08 Å². The molecule has 0 aliphatic heterocycles. The topological polar surface area (TPSA) is 0 Å². The summed E-state index contributed by atoms with van der Waals surface area (Å²) in [6.45, 7) is 2.14. The normalized spacial score (nSPS) is 13.2. The molecule has 148 valence electrons. The molecule has 3 aromatic rings. The van der Waals surface area contributed by atoms with Crippen LogP contribution in [0.5, 0.6) is 0 Å². The second-order valence-corrected chi connectivity index (χ2v) is 7.38. The largest absolute Gasteiger partial charge is 0.206 e. The van der Waals surface area contributed by atoms with Crippen LogP contribution in [0, 0.1) is 23.3 Å². The number of halogens is 4. The first-order valence-corrected chi connectivity index (χ1v) is 9.71. The van der Waals surface area contributed by atoms with Gasteiger partial charge in [0.25, 0.3) is 0 Å². The van der Waals surface area contributed by atoms with Crippen LogP contribution in [0.25, 0.3) is 16.7 Å². The maximum absolute atomic E-state index is 15.1. The molecule has 0 amide bonds. The Morgan fingerprint density at radius 1 is 0.793 bits per heavy atom. The summed E-state index contributed by atoms with van der Waals surface area (Å²) < 4.78 is 55.5. The molecule has 0 nitrogen and oxygen atoms in total. The van der Waals surface area contributed by atoms with Gasteiger partial charge in [-0.1, -0.05) is 55.8 Å². The number of hydrogen-bond donors (Lipinski definition) is 0. The van der Waals surface area contributed by atoms with Crippen molar-refractivity contribution in [2.75, 3.05) is 0 Å². The zero-order chi connectivity index (χ0) is 20.5. The van der Waals surface area contributed by atoms with E-state index >= 15 is 4.39 Å². The van der Waals surface area contributed by atoms with E-state index in [0.717, 1.165) is 41.7 Å². The van der Waals surface area contributed by atoms with Crippen molar-refractivity contribution in [2.24, 2.45) is 0 Å². The Labute approximate surface area is 167 Å². The highest BCUT2D eigenvalue weighted by Gasteiger charge is 2.21. The van der Waals surface area contributed by atoms with Crippen molar-refractivity contribution >= 4 is 5.57 Å². The summed E-state index contributed by atoms with van der Waals surface area (Å²) in [5, 5.41) is 0. The van der Waals surface area contributed by atoms with Crippen LogP contribution in [0.1, 0.15) is 35.6 Å². The maximum Gasteiger partial charge on any atom is 0.194 e. The Morgan fingerprint density at radius 3 is 2.14 bits per heavy atom. The van der Waals surface area contributed by atoms with Crippen molar-refractivity contribution in [3.63, 3.8) is 0 Å². The molecular weight excluding hydrogens is 376 g/mol. The third-order valence-corrected chi connectivity index (χ3v) is 5.43. The van der Waals surface area contributed by atoms with Gasteiger partial charge in [0, 0.05) is 5.56 Å². The van der Waals surface area contributed by atoms with Gasteiger partial charge in [0.05, 0.1) is 0 Å². The maximum atomic E-state index is 15.1. The second-order valence-electron chi connectivity index (χ2n) is 7.38. The Bertz CT molecular complexity index is 1070. The van der Waals surface area contributed by atoms with Gasteiger partial charge in [-0.05, 0) is 64.8 Å². The Morgan fingerprint density at radius 2 is 1.48 bits per heavy atom. The lowest BCUT2D eigenvalue weighted by atomic mass is 9.85. The molecule has 29 heavy (non-hydrogen) atoms. The molecule has 3 aromatic carbocycles. The van der Waals surface area contributed by atoms with E-state index in [1.165, 1.54) is 11.6 Å². The fraction of sp³-hybridized carbons (Fsp3) is 0.200. The fourth-order valence-corrected chi connectivity index (χ4v) is 3.88. The van der Waals surface area contributed by atoms with Crippen LogP contribution in [-0.2, 0) is 19.3 Å². The molecule has 0 N–H and O–H groups in total. The first-order valence-electron chi connectivity index (χ1n) is 9.71. The molecule has 4 heteroatoms. The molecular formula is C25H20F4. The first kappa shape index (κ1) is 19.4. The molecule has 0 fully saturated rings. The summed E-state index contributed by atoms with van der Waals surface area (Å²) >= 11 is 0. The van der Waals surface area contributed by atoms with Crippen LogP contribution in [0.3, 0.4) is 0 Å². The molecule has 0 bridgehead atoms. The van der Waals surface area contributed by atoms with Crippen LogP contribution in [0.4, 0.5) is 17.6 Å². The molecule has 0 atom stereocenters. The monoisotopic (exact) mass is 396 g/mol. The Hall–Kier alpha value is -2.88. The van der Waals surface area contributed by atoms with Crippen molar-refractivity contribution in [3.8, 4) is 11.1 Å². The average Bonchev–Trinajstić information content (AvgIpc) is 2.72. The van der Waals surface area contributed by atoms with Gasteiger partial charge < -0.3 is 0 Å². The summed E-state index contributed by atoms with van der Waals surface area (Å²) in [7, 11) is 0. The highest BCUT2D eigenvalue weighted by molar-refractivity contribution is 5.73. The minimum Gasteiger partial charge on any atom is -0.206 e. The number of rotatable bonds is 4. The number of allylic oxidation sites excluding steroid dienone is 2. The van der Waals surface area contributed by atoms with Crippen LogP contribution in [-0.4, -0.2) is 0 Å². The van der Waals surface area contributed by atoms with E-state index in [2.05, 4.69) is 31.2 Å². The van der Waals surface area contributed by atoms with Crippen molar-refractivity contribution < 1.29 is 17.6 Å². The van der Waals surface area contributed by atoms with Gasteiger partial charge in [0.15, 0.2) is 17.5 Å². The molecule has 0 unspecified atom stereocenters. The predicted molar refractivity (Wildman–Crippen MR) is 108 cm³/mol. The number of aryl methyl sites for hydroxylation is 1. The van der Waals surface area contributed by atoms with Crippen molar-refractivity contribution in [3.05, 3.63) is 100 Å². The summed E-state index contributed by atoms with van der Waals surface area (Å²) in [6.07, 6.45) is 5.12. The summed E-state index contributed by atoms with van der Waals surface area (Å²) in [5.74, 6) is -4.72. The first-order chi connectivity index (χ1) is 14.0. The zero-order valence-corrected chi connectivity index (χ0v) is 16.0. The van der Waals surface area contributed by atoms with Crippen LogP contribution >= 0.6 is 0 Å². The Kier molecular flexibility index (Phi) is 5.27. The molecule has 0 saturated carbocycles. The highest BCUT2D eigenvalue weighted by atomic mass is 19.2. The van der Waals surface area contributed by atoms with E-state index in [-0.39, 0.29) is 11.1 Å². The molecule has 1 aliphatic rings. The third-order valence-electron chi connectivity index (χ3n) is 5.43. The lowest BCUT2D eigenvalue weighted by Gasteiger charge is -2.20. The predicted octanol–water partition coefficient (Wildman–Crippen LogP) is 7.04. The zero-order valence-electron chi connectivity index (χ0n) is 16.0. The standard InChI is InChI=1S/C25H20F4/c1-2-3-15-4-6-16(7-5-15)17-8-10-20-18(12-17)9-11-21(24(20)28)19-13-22(26)25(29)23(27)14-19/h4-9,11,13-14H,2-3,10,12H2,1H3. The summed E-state index contributed by atoms with van der Waals surface area (Å²) in [6, 6.07) is 13.4. The molecule has 0 spiro atoms. The second kappa shape index (κ2) is 7.86. The van der Waals surface area contributed by atoms with Gasteiger partial charge >= 0.3 is 0 Å². The lowest BCUT2D eigenvalue weighted by Crippen LogP contribution is -2.07. The van der Waals surface area contributed by atoms with E-state index in [4.69, 9.17) is 0 Å². The van der Waals surface area contributed by atoms with Gasteiger partial charge in [0.2, 0.25) is 0 Å². The van der Waals surface area contributed by atoms with Crippen molar-refractivity contribution in [2.45, 2.75) is 32.6 Å². The number of fused-ring (bicyclic) bond motifs is 1. The smallest absolute Gasteiger partial charge is 0.194 e. The van der Waals surface area contributed by atoms with Gasteiger partial charge in [-0.25, -0.2) is 17.6 Å². The van der Waals surface area contributed by atoms with E-state index in [9.17, 15) is 13.2 Å². The number of benzene rings is 3. The Balaban J connectivity index is 1.65. The molecule has 0 radical (unpaired) electrons. The van der Waals surface area contributed by atoms with E-state index < -0.39 is 23.3 Å².